The Morgan fingerprint density at radius 1 is 1.17 bits per heavy atom. The van der Waals surface area contributed by atoms with Gasteiger partial charge in [-0.05, 0) is 73.6 Å². The maximum absolute atomic E-state index is 14.7. The molecule has 2 aromatic heterocycles. The zero-order valence-electron chi connectivity index (χ0n) is 16.3. The van der Waals surface area contributed by atoms with Crippen LogP contribution in [0.3, 0.4) is 0 Å². The molecule has 3 aromatic rings. The first kappa shape index (κ1) is 18.7. The molecule has 6 nitrogen and oxygen atoms in total. The van der Waals surface area contributed by atoms with Crippen molar-refractivity contribution < 1.29 is 9.13 Å². The molecule has 3 aliphatic rings. The third-order valence-electron chi connectivity index (χ3n) is 6.17. The lowest BCUT2D eigenvalue weighted by Crippen LogP contribution is -2.13. The molecular formula is C21H22FN5OS2. The van der Waals surface area contributed by atoms with Gasteiger partial charge in [0, 0.05) is 45.6 Å². The smallest absolute Gasteiger partial charge is 0.228 e. The van der Waals surface area contributed by atoms with Gasteiger partial charge in [-0.25, -0.2) is 4.39 Å². The number of anilines is 2. The highest BCUT2D eigenvalue weighted by atomic mass is 32.2. The van der Waals surface area contributed by atoms with Crippen LogP contribution in [-0.4, -0.2) is 20.7 Å². The molecule has 1 aliphatic heterocycles. The number of aromatic amines is 1. The Morgan fingerprint density at radius 3 is 2.97 bits per heavy atom. The van der Waals surface area contributed by atoms with Gasteiger partial charge in [0.2, 0.25) is 5.88 Å². The van der Waals surface area contributed by atoms with Gasteiger partial charge in [0.05, 0.1) is 5.69 Å². The molecule has 2 saturated carbocycles. The van der Waals surface area contributed by atoms with Crippen molar-refractivity contribution in [3.8, 4) is 5.88 Å². The van der Waals surface area contributed by atoms with E-state index in [1.165, 1.54) is 41.9 Å². The van der Waals surface area contributed by atoms with E-state index < -0.39 is 0 Å². The lowest BCUT2D eigenvalue weighted by molar-refractivity contribution is 0.199. The molecule has 3 N–H and O–H groups in total. The van der Waals surface area contributed by atoms with Crippen LogP contribution in [0.2, 0.25) is 0 Å². The number of benzene rings is 1. The Morgan fingerprint density at radius 2 is 2.07 bits per heavy atom. The van der Waals surface area contributed by atoms with Crippen molar-refractivity contribution >= 4 is 35.0 Å². The fourth-order valence-electron chi connectivity index (χ4n) is 4.37. The van der Waals surface area contributed by atoms with Gasteiger partial charge in [-0.3, -0.25) is 9.82 Å². The van der Waals surface area contributed by atoms with Gasteiger partial charge in [0.15, 0.2) is 11.6 Å². The molecule has 9 heteroatoms. The number of H-pyrrole nitrogens is 1. The van der Waals surface area contributed by atoms with Crippen LogP contribution in [0.15, 0.2) is 28.5 Å². The molecule has 0 spiro atoms. The Kier molecular flexibility index (Phi) is 4.69. The molecule has 156 valence electrons. The third kappa shape index (κ3) is 3.48. The van der Waals surface area contributed by atoms with Crippen LogP contribution in [0.5, 0.6) is 5.88 Å². The first-order chi connectivity index (χ1) is 14.7. The molecule has 0 amide bonds. The van der Waals surface area contributed by atoms with E-state index in [2.05, 4.69) is 30.0 Å². The number of hydrogen-bond donors (Lipinski definition) is 3. The van der Waals surface area contributed by atoms with E-state index in [9.17, 15) is 4.39 Å². The van der Waals surface area contributed by atoms with Gasteiger partial charge in [-0.15, -0.1) is 0 Å². The highest BCUT2D eigenvalue weighted by Gasteiger charge is 2.33. The first-order valence-electron chi connectivity index (χ1n) is 10.4. The van der Waals surface area contributed by atoms with Crippen LogP contribution in [0.4, 0.5) is 15.9 Å². The molecule has 2 fully saturated rings. The van der Waals surface area contributed by atoms with E-state index in [0.717, 1.165) is 35.7 Å². The second-order valence-corrected chi connectivity index (χ2v) is 9.82. The maximum atomic E-state index is 14.7. The molecule has 1 aromatic carbocycles. The summed E-state index contributed by atoms with van der Waals surface area (Å²) in [7, 11) is 0. The summed E-state index contributed by atoms with van der Waals surface area (Å²) in [5, 5.41) is 12.8. The van der Waals surface area contributed by atoms with Crippen LogP contribution >= 0.6 is 23.5 Å². The summed E-state index contributed by atoms with van der Waals surface area (Å²) in [4.78, 5) is 0.947. The molecular weight excluding hydrogens is 421 g/mol. The van der Waals surface area contributed by atoms with Gasteiger partial charge in [0.25, 0.3) is 0 Å². The van der Waals surface area contributed by atoms with E-state index in [4.69, 9.17) is 4.74 Å². The summed E-state index contributed by atoms with van der Waals surface area (Å²) in [6.45, 7) is 0.540. The lowest BCUT2D eigenvalue weighted by atomic mass is 10.0. The van der Waals surface area contributed by atoms with Gasteiger partial charge in [-0.2, -0.15) is 9.47 Å². The predicted octanol–water partition coefficient (Wildman–Crippen LogP) is 5.45. The minimum absolute atomic E-state index is 0.188. The molecule has 0 bridgehead atoms. The monoisotopic (exact) mass is 443 g/mol. The van der Waals surface area contributed by atoms with Crippen LogP contribution in [0, 0.1) is 5.82 Å². The minimum atomic E-state index is -0.210. The first-order valence-corrected chi connectivity index (χ1v) is 12.0. The van der Waals surface area contributed by atoms with E-state index in [0.29, 0.717) is 35.4 Å². The summed E-state index contributed by atoms with van der Waals surface area (Å²) in [6.07, 6.45) is 5.70. The average molecular weight is 444 g/mol. The van der Waals surface area contributed by atoms with Crippen molar-refractivity contribution in [2.75, 3.05) is 5.32 Å². The number of rotatable bonds is 6. The molecule has 2 unspecified atom stereocenters. The largest absolute Gasteiger partial charge is 0.474 e. The Labute approximate surface area is 182 Å². The number of ether oxygens (including phenoxy) is 1. The molecule has 6 rings (SSSR count). The van der Waals surface area contributed by atoms with Crippen molar-refractivity contribution in [1.29, 1.82) is 0 Å². The number of nitrogens with zero attached hydrogens (tertiary/aromatic N) is 2. The topological polar surface area (TPSA) is 74.9 Å². The number of hydrogen-bond acceptors (Lipinski definition) is 7. The highest BCUT2D eigenvalue weighted by molar-refractivity contribution is 7.97. The van der Waals surface area contributed by atoms with E-state index in [1.54, 1.807) is 6.07 Å². The molecule has 2 aliphatic carbocycles. The SMILES string of the molecule is Fc1c(Nc2cc(C3CCC(Oc4nscc4C4CC4)C3)[nH]n2)ccc2c1CNS2. The van der Waals surface area contributed by atoms with Crippen LogP contribution in [0.25, 0.3) is 0 Å². The van der Waals surface area contributed by atoms with Crippen LogP contribution < -0.4 is 14.8 Å². The normalized spacial score (nSPS) is 23.0. The zero-order chi connectivity index (χ0) is 20.1. The Hall–Kier alpha value is -2.10. The summed E-state index contributed by atoms with van der Waals surface area (Å²) < 4.78 is 28.5. The van der Waals surface area contributed by atoms with Gasteiger partial charge in [-0.1, -0.05) is 0 Å². The van der Waals surface area contributed by atoms with Crippen LogP contribution in [0.1, 0.15) is 60.8 Å². The van der Waals surface area contributed by atoms with E-state index in [-0.39, 0.29) is 11.9 Å². The number of fused-ring (bicyclic) bond motifs is 1. The average Bonchev–Trinajstić information content (AvgIpc) is 3.22. The third-order valence-corrected chi connectivity index (χ3v) is 7.70. The molecule has 0 saturated heterocycles. The molecule has 30 heavy (non-hydrogen) atoms. The molecule has 2 atom stereocenters. The highest BCUT2D eigenvalue weighted by Crippen LogP contribution is 2.46. The van der Waals surface area contributed by atoms with Crippen molar-refractivity contribution in [2.45, 2.75) is 61.5 Å². The van der Waals surface area contributed by atoms with Gasteiger partial charge >= 0.3 is 0 Å². The molecule has 0 radical (unpaired) electrons. The summed E-state index contributed by atoms with van der Waals surface area (Å²) in [5.74, 6) is 2.30. The molecule has 3 heterocycles. The number of nitrogens with one attached hydrogen (secondary N) is 3. The summed E-state index contributed by atoms with van der Waals surface area (Å²) >= 11 is 2.96. The van der Waals surface area contributed by atoms with Crippen molar-refractivity contribution in [3.05, 3.63) is 46.2 Å². The number of halogens is 1. The van der Waals surface area contributed by atoms with Crippen LogP contribution in [-0.2, 0) is 6.54 Å². The van der Waals surface area contributed by atoms with Gasteiger partial charge in [0.1, 0.15) is 6.10 Å². The second-order valence-electron chi connectivity index (χ2n) is 8.26. The Bertz CT molecular complexity index is 1080. The summed E-state index contributed by atoms with van der Waals surface area (Å²) in [6, 6.07) is 5.70. The van der Waals surface area contributed by atoms with Crippen molar-refractivity contribution in [3.63, 3.8) is 0 Å². The van der Waals surface area contributed by atoms with Crippen molar-refractivity contribution in [1.82, 2.24) is 19.3 Å². The maximum Gasteiger partial charge on any atom is 0.228 e. The zero-order valence-corrected chi connectivity index (χ0v) is 17.9. The van der Waals surface area contributed by atoms with E-state index >= 15 is 0 Å². The summed E-state index contributed by atoms with van der Waals surface area (Å²) in [5.41, 5.74) is 3.54. The van der Waals surface area contributed by atoms with Gasteiger partial charge < -0.3 is 10.1 Å². The van der Waals surface area contributed by atoms with E-state index in [1.807, 2.05) is 12.1 Å². The quantitative estimate of drug-likeness (QED) is 0.440. The fraction of sp³-hybridized carbons (Fsp3) is 0.429. The second kappa shape index (κ2) is 7.55. The fourth-order valence-corrected chi connectivity index (χ4v) is 5.87. The standard InChI is InChI=1S/C21H22FN5OS2/c22-20-14-9-23-30-18(14)6-5-16(20)24-19-8-17(25-26-19)12-3-4-13(7-12)28-21-15(10-29-27-21)11-1-2-11/h5-6,8,10-13,23H,1-4,7,9H2,(H2,24,25,26). The lowest BCUT2D eigenvalue weighted by Gasteiger charge is -2.13. The minimum Gasteiger partial charge on any atom is -0.474 e. The van der Waals surface area contributed by atoms with Crippen molar-refractivity contribution in [2.24, 2.45) is 0 Å². The Balaban J connectivity index is 1.11. The predicted molar refractivity (Wildman–Crippen MR) is 116 cm³/mol. The number of aromatic nitrogens is 3.